The number of carbonyl (C=O) groups excluding carboxylic acids is 1. The molecule has 136 valence electrons. The van der Waals surface area contributed by atoms with Crippen molar-refractivity contribution >= 4 is 45.8 Å². The molecule has 0 N–H and O–H groups in total. The van der Waals surface area contributed by atoms with Crippen LogP contribution in [0.25, 0.3) is 11.0 Å². The summed E-state index contributed by atoms with van der Waals surface area (Å²) in [7, 11) is 5.72. The number of nitrogens with zero attached hydrogens (tertiary/aromatic N) is 5. The van der Waals surface area contributed by atoms with E-state index in [9.17, 15) is 4.79 Å². The molecule has 0 saturated carbocycles. The molecule has 0 unspecified atom stereocenters. The van der Waals surface area contributed by atoms with Gasteiger partial charge in [0.1, 0.15) is 5.52 Å². The number of anilines is 1. The van der Waals surface area contributed by atoms with Gasteiger partial charge in [0.2, 0.25) is 0 Å². The molecule has 0 saturated heterocycles. The van der Waals surface area contributed by atoms with E-state index in [0.29, 0.717) is 39.9 Å². The number of aromatic nitrogens is 3. The van der Waals surface area contributed by atoms with Gasteiger partial charge in [0.25, 0.3) is 5.91 Å². The Hall–Kier alpha value is -2.15. The molecule has 2 aromatic carbocycles. The first-order valence-corrected chi connectivity index (χ1v) is 8.84. The monoisotopic (exact) mass is 391 g/mol. The highest BCUT2D eigenvalue weighted by atomic mass is 35.5. The lowest BCUT2D eigenvalue weighted by molar-refractivity contribution is 0.0985. The van der Waals surface area contributed by atoms with E-state index in [1.54, 1.807) is 39.9 Å². The molecule has 26 heavy (non-hydrogen) atoms. The summed E-state index contributed by atoms with van der Waals surface area (Å²) in [5, 5.41) is 8.84. The van der Waals surface area contributed by atoms with Crippen LogP contribution < -0.4 is 4.90 Å². The third kappa shape index (κ3) is 3.67. The van der Waals surface area contributed by atoms with Crippen LogP contribution in [-0.2, 0) is 7.05 Å². The van der Waals surface area contributed by atoms with Crippen LogP contribution in [0.5, 0.6) is 0 Å². The standard InChI is InChI=1S/C18H19Cl2N5O/c1-23(2)9-10-25(16-6-4-5-13(19)17(16)20)18(26)12-7-8-15-14(11-12)21-22-24(15)3/h4-8,11H,9-10H2,1-3H3. The number of likely N-dealkylation sites (N-methyl/N-ethyl adjacent to an activating group) is 1. The third-order valence-corrected chi connectivity index (χ3v) is 4.90. The fourth-order valence-corrected chi connectivity index (χ4v) is 3.06. The molecule has 8 heteroatoms. The van der Waals surface area contributed by atoms with Gasteiger partial charge in [0.05, 0.1) is 21.2 Å². The van der Waals surface area contributed by atoms with Crippen LogP contribution >= 0.6 is 23.2 Å². The Balaban J connectivity index is 2.01. The van der Waals surface area contributed by atoms with Crippen molar-refractivity contribution in [3.63, 3.8) is 0 Å². The first-order chi connectivity index (χ1) is 12.4. The molecule has 0 radical (unpaired) electrons. The second-order valence-electron chi connectivity index (χ2n) is 6.25. The van der Waals surface area contributed by atoms with Gasteiger partial charge in [-0.05, 0) is 44.4 Å². The van der Waals surface area contributed by atoms with Crippen molar-refractivity contribution in [1.82, 2.24) is 19.9 Å². The predicted octanol–water partition coefficient (Wildman–Crippen LogP) is 3.48. The topological polar surface area (TPSA) is 54.3 Å². The maximum Gasteiger partial charge on any atom is 0.258 e. The molecule has 1 amide bonds. The molecule has 1 aromatic heterocycles. The van der Waals surface area contributed by atoms with Gasteiger partial charge in [0, 0.05) is 25.7 Å². The number of carbonyl (C=O) groups is 1. The Morgan fingerprint density at radius 1 is 1.15 bits per heavy atom. The highest BCUT2D eigenvalue weighted by Crippen LogP contribution is 2.33. The number of hydrogen-bond donors (Lipinski definition) is 0. The van der Waals surface area contributed by atoms with E-state index in [-0.39, 0.29) is 5.91 Å². The lowest BCUT2D eigenvalue weighted by Gasteiger charge is -2.26. The maximum atomic E-state index is 13.2. The minimum atomic E-state index is -0.163. The van der Waals surface area contributed by atoms with E-state index >= 15 is 0 Å². The number of fused-ring (bicyclic) bond motifs is 1. The van der Waals surface area contributed by atoms with Crippen LogP contribution in [0.1, 0.15) is 10.4 Å². The van der Waals surface area contributed by atoms with Gasteiger partial charge in [-0.15, -0.1) is 5.10 Å². The van der Waals surface area contributed by atoms with Crippen molar-refractivity contribution in [2.24, 2.45) is 7.05 Å². The molecule has 0 aliphatic rings. The molecule has 1 heterocycles. The second-order valence-corrected chi connectivity index (χ2v) is 7.03. The third-order valence-electron chi connectivity index (χ3n) is 4.10. The molecular weight excluding hydrogens is 373 g/mol. The van der Waals surface area contributed by atoms with Crippen LogP contribution in [0, 0.1) is 0 Å². The molecule has 6 nitrogen and oxygen atoms in total. The summed E-state index contributed by atoms with van der Waals surface area (Å²) in [6.45, 7) is 1.16. The fraction of sp³-hybridized carbons (Fsp3) is 0.278. The van der Waals surface area contributed by atoms with E-state index in [2.05, 4.69) is 10.3 Å². The van der Waals surface area contributed by atoms with Crippen molar-refractivity contribution in [2.45, 2.75) is 0 Å². The van der Waals surface area contributed by atoms with Crippen LogP contribution in [0.15, 0.2) is 36.4 Å². The van der Waals surface area contributed by atoms with Gasteiger partial charge in [-0.25, -0.2) is 4.68 Å². The van der Waals surface area contributed by atoms with Crippen LogP contribution in [0.3, 0.4) is 0 Å². The molecule has 0 aliphatic heterocycles. The highest BCUT2D eigenvalue weighted by molar-refractivity contribution is 6.44. The minimum Gasteiger partial charge on any atom is -0.308 e. The quantitative estimate of drug-likeness (QED) is 0.667. The normalized spacial score (nSPS) is 11.3. The SMILES string of the molecule is CN(C)CCN(C(=O)c1ccc2c(c1)nnn2C)c1cccc(Cl)c1Cl. The van der Waals surface area contributed by atoms with Crippen molar-refractivity contribution in [2.75, 3.05) is 32.1 Å². The number of amides is 1. The second kappa shape index (κ2) is 7.61. The largest absolute Gasteiger partial charge is 0.308 e. The predicted molar refractivity (Wildman–Crippen MR) is 105 cm³/mol. The Morgan fingerprint density at radius 3 is 2.65 bits per heavy atom. The van der Waals surface area contributed by atoms with E-state index in [1.165, 1.54) is 0 Å². The van der Waals surface area contributed by atoms with E-state index in [0.717, 1.165) is 5.52 Å². The van der Waals surface area contributed by atoms with Crippen molar-refractivity contribution in [1.29, 1.82) is 0 Å². The summed E-state index contributed by atoms with van der Waals surface area (Å²) in [5.41, 5.74) is 2.64. The lowest BCUT2D eigenvalue weighted by Crippen LogP contribution is -2.37. The summed E-state index contributed by atoms with van der Waals surface area (Å²) in [4.78, 5) is 16.9. The zero-order valence-corrected chi connectivity index (χ0v) is 16.3. The van der Waals surface area contributed by atoms with E-state index < -0.39 is 0 Å². The molecule has 3 rings (SSSR count). The first kappa shape index (κ1) is 18.6. The molecule has 0 bridgehead atoms. The van der Waals surface area contributed by atoms with E-state index in [4.69, 9.17) is 23.2 Å². The first-order valence-electron chi connectivity index (χ1n) is 8.08. The highest BCUT2D eigenvalue weighted by Gasteiger charge is 2.22. The Bertz CT molecular complexity index is 954. The zero-order valence-electron chi connectivity index (χ0n) is 14.8. The fourth-order valence-electron chi connectivity index (χ4n) is 2.66. The summed E-state index contributed by atoms with van der Waals surface area (Å²) < 4.78 is 1.67. The van der Waals surface area contributed by atoms with Gasteiger partial charge >= 0.3 is 0 Å². The van der Waals surface area contributed by atoms with E-state index in [1.807, 2.05) is 32.1 Å². The Labute approximate surface area is 161 Å². The smallest absolute Gasteiger partial charge is 0.258 e. The van der Waals surface area contributed by atoms with Crippen molar-refractivity contribution < 1.29 is 4.79 Å². The van der Waals surface area contributed by atoms with Crippen molar-refractivity contribution in [3.05, 3.63) is 52.0 Å². The summed E-state index contributed by atoms with van der Waals surface area (Å²) in [6.07, 6.45) is 0. The lowest BCUT2D eigenvalue weighted by atomic mass is 10.1. The molecule has 3 aromatic rings. The molecular formula is C18H19Cl2N5O. The maximum absolute atomic E-state index is 13.2. The molecule has 0 atom stereocenters. The van der Waals surface area contributed by atoms with Gasteiger partial charge in [-0.1, -0.05) is 34.5 Å². The summed E-state index contributed by atoms with van der Waals surface area (Å²) in [6, 6.07) is 10.6. The van der Waals surface area contributed by atoms with Gasteiger partial charge in [0.15, 0.2) is 0 Å². The van der Waals surface area contributed by atoms with Crippen molar-refractivity contribution in [3.8, 4) is 0 Å². The Morgan fingerprint density at radius 2 is 1.92 bits per heavy atom. The number of hydrogen-bond acceptors (Lipinski definition) is 4. The Kier molecular flexibility index (Phi) is 5.46. The van der Waals surface area contributed by atoms with Gasteiger partial charge < -0.3 is 9.80 Å². The molecule has 0 spiro atoms. The average molecular weight is 392 g/mol. The zero-order chi connectivity index (χ0) is 18.8. The molecule has 0 fully saturated rings. The summed E-state index contributed by atoms with van der Waals surface area (Å²) in [5.74, 6) is -0.163. The molecule has 0 aliphatic carbocycles. The summed E-state index contributed by atoms with van der Waals surface area (Å²) >= 11 is 12.5. The van der Waals surface area contributed by atoms with Crippen LogP contribution in [-0.4, -0.2) is 53.0 Å². The number of aryl methyl sites for hydroxylation is 1. The van der Waals surface area contributed by atoms with Crippen LogP contribution in [0.2, 0.25) is 10.0 Å². The minimum absolute atomic E-state index is 0.163. The van der Waals surface area contributed by atoms with Crippen LogP contribution in [0.4, 0.5) is 5.69 Å². The number of rotatable bonds is 5. The number of benzene rings is 2. The van der Waals surface area contributed by atoms with Gasteiger partial charge in [-0.3, -0.25) is 4.79 Å². The van der Waals surface area contributed by atoms with Gasteiger partial charge in [-0.2, -0.15) is 0 Å². The average Bonchev–Trinajstić information content (AvgIpc) is 2.98. The number of halogens is 2.